The summed E-state index contributed by atoms with van der Waals surface area (Å²) >= 11 is 0. The summed E-state index contributed by atoms with van der Waals surface area (Å²) in [4.78, 5) is 11.7. The minimum atomic E-state index is -0.130. The summed E-state index contributed by atoms with van der Waals surface area (Å²) in [5, 5.41) is 1.87. The fraction of sp³-hybridized carbons (Fsp3) is 0.900. The first-order valence-electron chi connectivity index (χ1n) is 5.27. The van der Waals surface area contributed by atoms with Gasteiger partial charge in [-0.15, -0.1) is 0 Å². The predicted molar refractivity (Wildman–Crippen MR) is 54.6 cm³/mol. The molecule has 0 amide bonds. The minimum Gasteiger partial charge on any atom is -0.465 e. The number of rotatable bonds is 3. The van der Waals surface area contributed by atoms with E-state index in [1.807, 2.05) is 19.0 Å². The molecule has 1 aliphatic rings. The van der Waals surface area contributed by atoms with Crippen molar-refractivity contribution in [2.75, 3.05) is 13.7 Å². The summed E-state index contributed by atoms with van der Waals surface area (Å²) < 4.78 is 5.06. The van der Waals surface area contributed by atoms with Crippen LogP contribution in [0.5, 0.6) is 0 Å². The molecule has 1 fully saturated rings. The van der Waals surface area contributed by atoms with Crippen molar-refractivity contribution in [3.63, 3.8) is 0 Å². The zero-order chi connectivity index (χ0) is 10.7. The van der Waals surface area contributed by atoms with Gasteiger partial charge in [0.1, 0.15) is 6.04 Å². The second-order valence-corrected chi connectivity index (χ2v) is 3.80. The summed E-state index contributed by atoms with van der Waals surface area (Å²) in [7, 11) is 1.90. The number of nitrogens with zero attached hydrogens (tertiary/aromatic N) is 1. The lowest BCUT2D eigenvalue weighted by Gasteiger charge is -2.21. The van der Waals surface area contributed by atoms with E-state index in [0.717, 1.165) is 6.42 Å². The topological polar surface area (TPSA) is 41.6 Å². The molecule has 0 bridgehead atoms. The molecule has 3 atom stereocenters. The lowest BCUT2D eigenvalue weighted by Crippen LogP contribution is -2.41. The van der Waals surface area contributed by atoms with Crippen LogP contribution in [0.15, 0.2) is 0 Å². The highest BCUT2D eigenvalue weighted by molar-refractivity contribution is 5.76. The van der Waals surface area contributed by atoms with Crippen LogP contribution in [-0.2, 0) is 9.53 Å². The number of ether oxygens (including phenoxy) is 1. The van der Waals surface area contributed by atoms with Crippen LogP contribution in [0.1, 0.15) is 27.2 Å². The van der Waals surface area contributed by atoms with Crippen molar-refractivity contribution >= 4 is 5.97 Å². The van der Waals surface area contributed by atoms with Gasteiger partial charge in [0.15, 0.2) is 0 Å². The first-order valence-corrected chi connectivity index (χ1v) is 5.27. The average Bonchev–Trinajstić information content (AvgIpc) is 2.40. The van der Waals surface area contributed by atoms with Gasteiger partial charge >= 0.3 is 5.97 Å². The van der Waals surface area contributed by atoms with Gasteiger partial charge in [0.25, 0.3) is 0 Å². The van der Waals surface area contributed by atoms with Gasteiger partial charge in [-0.1, -0.05) is 6.92 Å². The maximum atomic E-state index is 11.7. The summed E-state index contributed by atoms with van der Waals surface area (Å²) in [6.07, 6.45) is 0.988. The Morgan fingerprint density at radius 2 is 2.14 bits per heavy atom. The number of carbonyl (C=O) groups is 1. The van der Waals surface area contributed by atoms with Crippen LogP contribution in [-0.4, -0.2) is 36.7 Å². The predicted octanol–water partition coefficient (Wildman–Crippen LogP) is 0.783. The molecule has 14 heavy (non-hydrogen) atoms. The molecule has 0 aromatic rings. The zero-order valence-electron chi connectivity index (χ0n) is 9.41. The van der Waals surface area contributed by atoms with Gasteiger partial charge in [-0.3, -0.25) is 10.2 Å². The molecule has 82 valence electrons. The quantitative estimate of drug-likeness (QED) is 0.684. The van der Waals surface area contributed by atoms with Gasteiger partial charge in [-0.2, -0.15) is 0 Å². The third-order valence-corrected chi connectivity index (χ3v) is 2.87. The molecule has 1 heterocycles. The van der Waals surface area contributed by atoms with Crippen molar-refractivity contribution in [3.05, 3.63) is 0 Å². The molecule has 0 aromatic carbocycles. The van der Waals surface area contributed by atoms with Gasteiger partial charge in [0.2, 0.25) is 0 Å². The maximum Gasteiger partial charge on any atom is 0.325 e. The third-order valence-electron chi connectivity index (χ3n) is 2.87. The molecule has 3 unspecified atom stereocenters. The summed E-state index contributed by atoms with van der Waals surface area (Å²) in [5.41, 5.74) is 3.24. The first kappa shape index (κ1) is 11.5. The Morgan fingerprint density at radius 1 is 1.50 bits per heavy atom. The standard InChI is InChI=1S/C10H20N2O2/c1-5-8-7(3)11-12(4)9(8)10(13)14-6-2/h7-9,11H,5-6H2,1-4H3. The fourth-order valence-electron chi connectivity index (χ4n) is 2.20. The van der Waals surface area contributed by atoms with Gasteiger partial charge in [-0.05, 0) is 20.3 Å². The molecule has 1 N–H and O–H groups in total. The minimum absolute atomic E-state index is 0.112. The lowest BCUT2D eigenvalue weighted by atomic mass is 9.92. The van der Waals surface area contributed by atoms with Crippen LogP contribution in [0.4, 0.5) is 0 Å². The molecule has 4 heteroatoms. The Hall–Kier alpha value is -0.610. The molecule has 4 nitrogen and oxygen atoms in total. The van der Waals surface area contributed by atoms with Crippen molar-refractivity contribution < 1.29 is 9.53 Å². The first-order chi connectivity index (χ1) is 6.61. The molecule has 1 saturated heterocycles. The van der Waals surface area contributed by atoms with E-state index in [1.54, 1.807) is 0 Å². The van der Waals surface area contributed by atoms with E-state index in [1.165, 1.54) is 0 Å². The van der Waals surface area contributed by atoms with Gasteiger partial charge in [0.05, 0.1) is 6.61 Å². The van der Waals surface area contributed by atoms with Crippen molar-refractivity contribution in [1.82, 2.24) is 10.4 Å². The van der Waals surface area contributed by atoms with E-state index >= 15 is 0 Å². The Kier molecular flexibility index (Phi) is 3.89. The van der Waals surface area contributed by atoms with Crippen molar-refractivity contribution in [3.8, 4) is 0 Å². The molecule has 0 spiro atoms. The van der Waals surface area contributed by atoms with Crippen molar-refractivity contribution in [2.24, 2.45) is 5.92 Å². The zero-order valence-corrected chi connectivity index (χ0v) is 9.41. The second kappa shape index (κ2) is 4.75. The average molecular weight is 200 g/mol. The highest BCUT2D eigenvalue weighted by Gasteiger charge is 2.41. The lowest BCUT2D eigenvalue weighted by molar-refractivity contribution is -0.149. The largest absolute Gasteiger partial charge is 0.465 e. The van der Waals surface area contributed by atoms with E-state index in [4.69, 9.17) is 4.74 Å². The number of likely N-dealkylation sites (N-methyl/N-ethyl adjacent to an activating group) is 1. The van der Waals surface area contributed by atoms with E-state index in [9.17, 15) is 4.79 Å². The van der Waals surface area contributed by atoms with Crippen LogP contribution in [0.3, 0.4) is 0 Å². The molecule has 1 rings (SSSR count). The highest BCUT2D eigenvalue weighted by Crippen LogP contribution is 2.24. The van der Waals surface area contributed by atoms with E-state index < -0.39 is 0 Å². The molecular weight excluding hydrogens is 180 g/mol. The van der Waals surface area contributed by atoms with Gasteiger partial charge in [-0.25, -0.2) is 5.01 Å². The Bertz CT molecular complexity index is 208. The van der Waals surface area contributed by atoms with Crippen molar-refractivity contribution in [2.45, 2.75) is 39.3 Å². The maximum absolute atomic E-state index is 11.7. The summed E-state index contributed by atoms with van der Waals surface area (Å²) in [6.45, 7) is 6.50. The van der Waals surface area contributed by atoms with Crippen LogP contribution >= 0.6 is 0 Å². The molecule has 1 aliphatic heterocycles. The number of hydrazine groups is 1. The van der Waals surface area contributed by atoms with E-state index in [2.05, 4.69) is 19.3 Å². The fourth-order valence-corrected chi connectivity index (χ4v) is 2.20. The van der Waals surface area contributed by atoms with Crippen LogP contribution in [0.2, 0.25) is 0 Å². The number of hydrogen-bond donors (Lipinski definition) is 1. The van der Waals surface area contributed by atoms with Crippen LogP contribution in [0, 0.1) is 5.92 Å². The summed E-state index contributed by atoms with van der Waals surface area (Å²) in [6, 6.07) is 0.217. The molecule has 0 radical (unpaired) electrons. The normalized spacial score (nSPS) is 33.3. The van der Waals surface area contributed by atoms with Crippen LogP contribution < -0.4 is 5.43 Å². The van der Waals surface area contributed by atoms with Crippen LogP contribution in [0.25, 0.3) is 0 Å². The Labute approximate surface area is 85.6 Å². The molecule has 0 aliphatic carbocycles. The van der Waals surface area contributed by atoms with Crippen molar-refractivity contribution in [1.29, 1.82) is 0 Å². The van der Waals surface area contributed by atoms with E-state index in [-0.39, 0.29) is 12.0 Å². The number of esters is 1. The molecule has 0 saturated carbocycles. The van der Waals surface area contributed by atoms with Gasteiger partial charge < -0.3 is 4.74 Å². The second-order valence-electron chi connectivity index (χ2n) is 3.80. The SMILES string of the molecule is CCOC(=O)C1C(CC)C(C)NN1C. The highest BCUT2D eigenvalue weighted by atomic mass is 16.5. The van der Waals surface area contributed by atoms with Gasteiger partial charge in [0, 0.05) is 19.0 Å². The third kappa shape index (κ3) is 2.07. The number of hydrogen-bond acceptors (Lipinski definition) is 4. The number of nitrogens with one attached hydrogen (secondary N) is 1. The number of carbonyl (C=O) groups excluding carboxylic acids is 1. The Balaban J connectivity index is 2.69. The summed E-state index contributed by atoms with van der Waals surface area (Å²) in [5.74, 6) is 0.234. The molecule has 0 aromatic heterocycles. The van der Waals surface area contributed by atoms with E-state index in [0.29, 0.717) is 18.6 Å². The molecular formula is C10H20N2O2. The monoisotopic (exact) mass is 200 g/mol. The Morgan fingerprint density at radius 3 is 2.64 bits per heavy atom. The smallest absolute Gasteiger partial charge is 0.325 e.